The average Bonchev–Trinajstić information content (AvgIpc) is 2.50. The molecule has 118 valence electrons. The normalized spacial score (nSPS) is 26.6. The second-order valence-electron chi connectivity index (χ2n) is 7.23. The Morgan fingerprint density at radius 1 is 1.24 bits per heavy atom. The molecule has 2 rings (SSSR count). The van der Waals surface area contributed by atoms with Crippen LogP contribution in [0.1, 0.15) is 52.9 Å². The Morgan fingerprint density at radius 3 is 2.29 bits per heavy atom. The van der Waals surface area contributed by atoms with Crippen LogP contribution in [0.2, 0.25) is 5.02 Å². The Morgan fingerprint density at radius 2 is 1.81 bits per heavy atom. The predicted octanol–water partition coefficient (Wildman–Crippen LogP) is 5.08. The van der Waals surface area contributed by atoms with Crippen LogP contribution in [0.4, 0.5) is 5.69 Å². The molecule has 2 nitrogen and oxygen atoms in total. The number of nitrogens with one attached hydrogen (secondary N) is 1. The lowest BCUT2D eigenvalue weighted by Gasteiger charge is -2.45. The van der Waals surface area contributed by atoms with Gasteiger partial charge in [0.25, 0.3) is 0 Å². The third-order valence-corrected chi connectivity index (χ3v) is 5.86. The molecule has 1 aromatic rings. The van der Waals surface area contributed by atoms with Gasteiger partial charge in [0.05, 0.1) is 0 Å². The molecular formula is C18H29ClN2. The molecule has 0 saturated heterocycles. The molecule has 0 aromatic heterocycles. The highest BCUT2D eigenvalue weighted by Crippen LogP contribution is 2.44. The summed E-state index contributed by atoms with van der Waals surface area (Å²) in [4.78, 5) is 0. The van der Waals surface area contributed by atoms with E-state index in [4.69, 9.17) is 17.3 Å². The molecule has 3 N–H and O–H groups in total. The van der Waals surface area contributed by atoms with Gasteiger partial charge in [0, 0.05) is 22.8 Å². The van der Waals surface area contributed by atoms with Crippen LogP contribution in [0.3, 0.4) is 0 Å². The van der Waals surface area contributed by atoms with Gasteiger partial charge in [-0.3, -0.25) is 0 Å². The van der Waals surface area contributed by atoms with E-state index in [0.29, 0.717) is 12.0 Å². The minimum absolute atomic E-state index is 0.0498. The fraction of sp³-hybridized carbons (Fsp3) is 0.667. The zero-order valence-corrected chi connectivity index (χ0v) is 14.3. The Bertz CT molecular complexity index is 445. The smallest absolute Gasteiger partial charge is 0.0495 e. The van der Waals surface area contributed by atoms with Gasteiger partial charge in [-0.1, -0.05) is 38.8 Å². The largest absolute Gasteiger partial charge is 0.378 e. The predicted molar refractivity (Wildman–Crippen MR) is 92.9 cm³/mol. The molecule has 3 heteroatoms. The fourth-order valence-corrected chi connectivity index (χ4v) is 3.59. The molecule has 0 amide bonds. The van der Waals surface area contributed by atoms with Crippen molar-refractivity contribution in [3.63, 3.8) is 0 Å². The Balaban J connectivity index is 2.03. The minimum atomic E-state index is 0.0498. The summed E-state index contributed by atoms with van der Waals surface area (Å²) in [5.74, 6) is 0.814. The van der Waals surface area contributed by atoms with Crippen LogP contribution < -0.4 is 11.1 Å². The fourth-order valence-electron chi connectivity index (χ4n) is 3.46. The van der Waals surface area contributed by atoms with Crippen molar-refractivity contribution in [3.05, 3.63) is 29.3 Å². The number of halogens is 1. The van der Waals surface area contributed by atoms with Crippen LogP contribution in [0, 0.1) is 11.3 Å². The van der Waals surface area contributed by atoms with Crippen molar-refractivity contribution >= 4 is 17.3 Å². The van der Waals surface area contributed by atoms with Gasteiger partial charge >= 0.3 is 0 Å². The highest BCUT2D eigenvalue weighted by atomic mass is 35.5. The molecule has 0 unspecified atom stereocenters. The molecule has 0 radical (unpaired) electrons. The first-order valence-corrected chi connectivity index (χ1v) is 8.52. The molecule has 1 aromatic carbocycles. The van der Waals surface area contributed by atoms with Gasteiger partial charge in [-0.05, 0) is 61.3 Å². The van der Waals surface area contributed by atoms with Gasteiger partial charge in [-0.15, -0.1) is 0 Å². The first kappa shape index (κ1) is 16.6. The van der Waals surface area contributed by atoms with Crippen molar-refractivity contribution in [1.82, 2.24) is 0 Å². The quantitative estimate of drug-likeness (QED) is 0.796. The second-order valence-corrected chi connectivity index (χ2v) is 7.67. The highest BCUT2D eigenvalue weighted by Gasteiger charge is 2.38. The number of anilines is 1. The van der Waals surface area contributed by atoms with Gasteiger partial charge in [0.15, 0.2) is 0 Å². The van der Waals surface area contributed by atoms with Crippen molar-refractivity contribution in [2.24, 2.45) is 17.1 Å². The van der Waals surface area contributed by atoms with E-state index in [-0.39, 0.29) is 5.54 Å². The highest BCUT2D eigenvalue weighted by molar-refractivity contribution is 6.30. The molecule has 0 atom stereocenters. The number of benzene rings is 1. The van der Waals surface area contributed by atoms with Crippen molar-refractivity contribution in [3.8, 4) is 0 Å². The van der Waals surface area contributed by atoms with Crippen LogP contribution in [0.5, 0.6) is 0 Å². The van der Waals surface area contributed by atoms with Gasteiger partial charge in [-0.2, -0.15) is 0 Å². The first-order valence-electron chi connectivity index (χ1n) is 8.15. The van der Waals surface area contributed by atoms with Gasteiger partial charge in [0.1, 0.15) is 0 Å². The molecule has 0 heterocycles. The van der Waals surface area contributed by atoms with Crippen molar-refractivity contribution < 1.29 is 0 Å². The van der Waals surface area contributed by atoms with E-state index in [1.807, 2.05) is 24.3 Å². The standard InChI is InChI=1S/C18H29ClN2/c1-4-17(2,3)14-9-11-18(13-20,12-10-14)21-16-7-5-15(19)6-8-16/h5-8,14,21H,4,9-13,20H2,1-3H3. The third kappa shape index (κ3) is 3.92. The summed E-state index contributed by atoms with van der Waals surface area (Å²) in [7, 11) is 0. The Labute approximate surface area is 134 Å². The van der Waals surface area contributed by atoms with E-state index < -0.39 is 0 Å². The van der Waals surface area contributed by atoms with Crippen LogP contribution in [-0.4, -0.2) is 12.1 Å². The Kier molecular flexibility index (Phi) is 5.21. The van der Waals surface area contributed by atoms with Crippen LogP contribution in [0.25, 0.3) is 0 Å². The number of hydrogen-bond donors (Lipinski definition) is 2. The third-order valence-electron chi connectivity index (χ3n) is 5.60. The molecule has 1 fully saturated rings. The summed E-state index contributed by atoms with van der Waals surface area (Å²) in [5.41, 5.74) is 7.73. The van der Waals surface area contributed by atoms with Gasteiger partial charge in [-0.25, -0.2) is 0 Å². The maximum atomic E-state index is 6.11. The van der Waals surface area contributed by atoms with Gasteiger partial charge in [0.2, 0.25) is 0 Å². The topological polar surface area (TPSA) is 38.0 Å². The zero-order valence-electron chi connectivity index (χ0n) is 13.6. The van der Waals surface area contributed by atoms with E-state index >= 15 is 0 Å². The van der Waals surface area contributed by atoms with Crippen LogP contribution in [-0.2, 0) is 0 Å². The van der Waals surface area contributed by atoms with E-state index in [9.17, 15) is 0 Å². The molecule has 1 saturated carbocycles. The summed E-state index contributed by atoms with van der Waals surface area (Å²) < 4.78 is 0. The van der Waals surface area contributed by atoms with Crippen molar-refractivity contribution in [2.45, 2.75) is 58.4 Å². The van der Waals surface area contributed by atoms with Crippen LogP contribution >= 0.6 is 11.6 Å². The summed E-state index contributed by atoms with van der Waals surface area (Å²) >= 11 is 5.96. The summed E-state index contributed by atoms with van der Waals surface area (Å²) in [5, 5.41) is 4.45. The van der Waals surface area contributed by atoms with E-state index in [0.717, 1.165) is 29.5 Å². The van der Waals surface area contributed by atoms with Crippen molar-refractivity contribution in [2.75, 3.05) is 11.9 Å². The molecule has 0 bridgehead atoms. The molecule has 1 aliphatic rings. The lowest BCUT2D eigenvalue weighted by molar-refractivity contribution is 0.124. The molecule has 0 aliphatic heterocycles. The monoisotopic (exact) mass is 308 g/mol. The lowest BCUT2D eigenvalue weighted by Crippen LogP contribution is -2.49. The summed E-state index contributed by atoms with van der Waals surface area (Å²) in [6.45, 7) is 7.80. The average molecular weight is 309 g/mol. The van der Waals surface area contributed by atoms with Gasteiger partial charge < -0.3 is 11.1 Å². The van der Waals surface area contributed by atoms with E-state index in [1.165, 1.54) is 19.3 Å². The number of rotatable bonds is 5. The molecular weight excluding hydrogens is 280 g/mol. The summed E-state index contributed by atoms with van der Waals surface area (Å²) in [6, 6.07) is 7.95. The lowest BCUT2D eigenvalue weighted by atomic mass is 9.65. The maximum absolute atomic E-state index is 6.11. The zero-order chi connectivity index (χ0) is 15.5. The molecule has 0 spiro atoms. The second kappa shape index (κ2) is 6.58. The van der Waals surface area contributed by atoms with Crippen molar-refractivity contribution in [1.29, 1.82) is 0 Å². The maximum Gasteiger partial charge on any atom is 0.0495 e. The molecule has 21 heavy (non-hydrogen) atoms. The van der Waals surface area contributed by atoms with E-state index in [1.54, 1.807) is 0 Å². The first-order chi connectivity index (χ1) is 9.91. The van der Waals surface area contributed by atoms with Crippen LogP contribution in [0.15, 0.2) is 24.3 Å². The SMILES string of the molecule is CCC(C)(C)C1CCC(CN)(Nc2ccc(Cl)cc2)CC1. The number of nitrogens with two attached hydrogens (primary N) is 1. The van der Waals surface area contributed by atoms with E-state index in [2.05, 4.69) is 26.1 Å². The number of hydrogen-bond acceptors (Lipinski definition) is 2. The molecule has 1 aliphatic carbocycles. The minimum Gasteiger partial charge on any atom is -0.378 e. The summed E-state index contributed by atoms with van der Waals surface area (Å²) in [6.07, 6.45) is 6.08. The Hall–Kier alpha value is -0.730.